The molecule has 1 heterocycles. The third-order valence-corrected chi connectivity index (χ3v) is 9.73. The zero-order valence-corrected chi connectivity index (χ0v) is 23.3. The van der Waals surface area contributed by atoms with Crippen molar-refractivity contribution in [2.75, 3.05) is 17.2 Å². The molecule has 0 aromatic heterocycles. The van der Waals surface area contributed by atoms with Crippen LogP contribution in [-0.4, -0.2) is 37.2 Å². The standard InChI is InChI=1S/C28H36FNO5S2/c1-4-7-16-28(17-8-5-2)20-30(21-12-10-9-11-13-21)24-18-22(36-6-3)14-15-25(24)37(33,34)27(28)35-19-23(29)26(31)32/h9-15,18-19,27H,4-8,16-17,20H2,1-3H3,(H,31,32)/b23-19-. The smallest absolute Gasteiger partial charge is 0.368 e. The number of nitrogens with zero attached hydrogens (tertiary/aromatic N) is 1. The summed E-state index contributed by atoms with van der Waals surface area (Å²) in [5, 5.41) is 9.06. The van der Waals surface area contributed by atoms with E-state index >= 15 is 0 Å². The van der Waals surface area contributed by atoms with Gasteiger partial charge in [0.15, 0.2) is 0 Å². The molecule has 1 unspecified atom stereocenters. The monoisotopic (exact) mass is 549 g/mol. The van der Waals surface area contributed by atoms with Gasteiger partial charge in [-0.3, -0.25) is 0 Å². The molecule has 1 aliphatic heterocycles. The maximum Gasteiger partial charge on any atom is 0.368 e. The number of hydrogen-bond acceptors (Lipinski definition) is 6. The molecule has 0 aliphatic carbocycles. The number of halogens is 1. The summed E-state index contributed by atoms with van der Waals surface area (Å²) in [5.41, 5.74) is -0.952. The number of carboxylic acid groups (broad SMARTS) is 1. The van der Waals surface area contributed by atoms with E-state index in [-0.39, 0.29) is 4.90 Å². The number of benzene rings is 2. The second-order valence-corrected chi connectivity index (χ2v) is 12.6. The van der Waals surface area contributed by atoms with Crippen LogP contribution < -0.4 is 4.90 Å². The fraction of sp³-hybridized carbons (Fsp3) is 0.464. The molecule has 0 saturated carbocycles. The van der Waals surface area contributed by atoms with E-state index < -0.39 is 32.5 Å². The van der Waals surface area contributed by atoms with Gasteiger partial charge < -0.3 is 14.7 Å². The zero-order valence-electron chi connectivity index (χ0n) is 21.7. The van der Waals surface area contributed by atoms with Crippen LogP contribution in [0.5, 0.6) is 0 Å². The highest BCUT2D eigenvalue weighted by atomic mass is 32.2. The number of carbonyl (C=O) groups is 1. The van der Waals surface area contributed by atoms with E-state index in [0.717, 1.165) is 42.0 Å². The van der Waals surface area contributed by atoms with Crippen molar-refractivity contribution >= 4 is 38.9 Å². The normalized spacial score (nSPS) is 18.6. The number of carboxylic acids is 1. The number of aliphatic carboxylic acids is 1. The van der Waals surface area contributed by atoms with Crippen molar-refractivity contribution in [2.45, 2.75) is 74.5 Å². The fourth-order valence-electron chi connectivity index (χ4n) is 4.93. The maximum absolute atomic E-state index is 14.3. The van der Waals surface area contributed by atoms with Gasteiger partial charge in [-0.15, -0.1) is 11.8 Å². The van der Waals surface area contributed by atoms with E-state index in [4.69, 9.17) is 9.84 Å². The Hall–Kier alpha value is -2.52. The summed E-state index contributed by atoms with van der Waals surface area (Å²) in [6, 6.07) is 14.9. The maximum atomic E-state index is 14.3. The van der Waals surface area contributed by atoms with Crippen LogP contribution in [0.3, 0.4) is 0 Å². The van der Waals surface area contributed by atoms with Crippen molar-refractivity contribution < 1.29 is 27.4 Å². The van der Waals surface area contributed by atoms with Crippen LogP contribution in [-0.2, 0) is 19.4 Å². The number of fused-ring (bicyclic) bond motifs is 1. The summed E-state index contributed by atoms with van der Waals surface area (Å²) in [6.45, 7) is 6.44. The van der Waals surface area contributed by atoms with Gasteiger partial charge in [0.25, 0.3) is 0 Å². The Bertz CT molecular complexity index is 1190. The van der Waals surface area contributed by atoms with Gasteiger partial charge in [-0.1, -0.05) is 64.7 Å². The lowest BCUT2D eigenvalue weighted by atomic mass is 9.77. The predicted octanol–water partition coefficient (Wildman–Crippen LogP) is 7.33. The Balaban J connectivity index is 2.33. The number of thioether (sulfide) groups is 1. The molecule has 2 aromatic carbocycles. The van der Waals surface area contributed by atoms with E-state index in [0.29, 0.717) is 31.3 Å². The Kier molecular flexibility index (Phi) is 10.1. The molecule has 1 aliphatic rings. The number of rotatable bonds is 12. The van der Waals surface area contributed by atoms with Crippen LogP contribution in [0.2, 0.25) is 0 Å². The van der Waals surface area contributed by atoms with Gasteiger partial charge in [0, 0.05) is 22.5 Å². The predicted molar refractivity (Wildman–Crippen MR) is 147 cm³/mol. The van der Waals surface area contributed by atoms with Crippen molar-refractivity contribution in [1.29, 1.82) is 0 Å². The number of ether oxygens (including phenoxy) is 1. The summed E-state index contributed by atoms with van der Waals surface area (Å²) < 4.78 is 48.5. The van der Waals surface area contributed by atoms with Crippen molar-refractivity contribution in [3.8, 4) is 0 Å². The van der Waals surface area contributed by atoms with E-state index in [2.05, 4.69) is 0 Å². The van der Waals surface area contributed by atoms with Crippen molar-refractivity contribution in [1.82, 2.24) is 0 Å². The van der Waals surface area contributed by atoms with Gasteiger partial charge >= 0.3 is 5.97 Å². The molecule has 1 atom stereocenters. The molecule has 0 fully saturated rings. The van der Waals surface area contributed by atoms with Gasteiger partial charge in [0.1, 0.15) is 6.26 Å². The first kappa shape index (κ1) is 29.0. The Morgan fingerprint density at radius 1 is 1.14 bits per heavy atom. The lowest BCUT2D eigenvalue weighted by Crippen LogP contribution is -2.46. The average Bonchev–Trinajstić information content (AvgIpc) is 2.96. The molecular weight excluding hydrogens is 513 g/mol. The van der Waals surface area contributed by atoms with Crippen molar-refractivity contribution in [3.63, 3.8) is 0 Å². The first-order valence-electron chi connectivity index (χ1n) is 12.8. The van der Waals surface area contributed by atoms with E-state index in [1.54, 1.807) is 23.9 Å². The molecule has 0 radical (unpaired) electrons. The Labute approximate surface area is 223 Å². The van der Waals surface area contributed by atoms with E-state index in [1.807, 2.05) is 62.1 Å². The third-order valence-electron chi connectivity index (χ3n) is 6.72. The van der Waals surface area contributed by atoms with Gasteiger partial charge in [-0.25, -0.2) is 13.2 Å². The largest absolute Gasteiger partial charge is 0.478 e. The van der Waals surface area contributed by atoms with Crippen LogP contribution in [0.25, 0.3) is 0 Å². The highest BCUT2D eigenvalue weighted by Crippen LogP contribution is 2.50. The second-order valence-electron chi connectivity index (χ2n) is 9.34. The van der Waals surface area contributed by atoms with Gasteiger partial charge in [-0.05, 0) is 48.9 Å². The van der Waals surface area contributed by atoms with Gasteiger partial charge in [0.2, 0.25) is 21.1 Å². The van der Waals surface area contributed by atoms with E-state index in [1.165, 1.54) is 0 Å². The number of sulfone groups is 1. The molecule has 0 saturated heterocycles. The zero-order chi connectivity index (χ0) is 27.1. The van der Waals surface area contributed by atoms with Crippen LogP contribution in [0.4, 0.5) is 15.8 Å². The van der Waals surface area contributed by atoms with Gasteiger partial charge in [-0.2, -0.15) is 4.39 Å². The lowest BCUT2D eigenvalue weighted by Gasteiger charge is -2.41. The molecule has 0 bridgehead atoms. The molecule has 6 nitrogen and oxygen atoms in total. The molecule has 9 heteroatoms. The highest BCUT2D eigenvalue weighted by Gasteiger charge is 2.52. The summed E-state index contributed by atoms with van der Waals surface area (Å²) in [5.74, 6) is -2.50. The van der Waals surface area contributed by atoms with Crippen LogP contribution in [0.1, 0.15) is 59.3 Å². The minimum atomic E-state index is -4.16. The lowest BCUT2D eigenvalue weighted by molar-refractivity contribution is -0.134. The number of hydrogen-bond donors (Lipinski definition) is 1. The molecule has 37 heavy (non-hydrogen) atoms. The summed E-state index contributed by atoms with van der Waals surface area (Å²) in [7, 11) is -4.16. The first-order valence-corrected chi connectivity index (χ1v) is 15.3. The first-order chi connectivity index (χ1) is 17.7. The number of para-hydroxylation sites is 1. The topological polar surface area (TPSA) is 83.9 Å². The molecule has 0 amide bonds. The Morgan fingerprint density at radius 2 is 1.78 bits per heavy atom. The second kappa shape index (κ2) is 12.8. The summed E-state index contributed by atoms with van der Waals surface area (Å²) in [6.07, 6.45) is 4.70. The number of unbranched alkanes of at least 4 members (excludes halogenated alkanes) is 2. The molecular formula is C28H36FNO5S2. The van der Waals surface area contributed by atoms with E-state index in [9.17, 15) is 17.6 Å². The molecule has 1 N–H and O–H groups in total. The summed E-state index contributed by atoms with van der Waals surface area (Å²) in [4.78, 5) is 14.2. The fourth-order valence-corrected chi connectivity index (χ4v) is 7.74. The van der Waals surface area contributed by atoms with Crippen LogP contribution in [0.15, 0.2) is 70.4 Å². The minimum Gasteiger partial charge on any atom is -0.478 e. The van der Waals surface area contributed by atoms with Gasteiger partial charge in [0.05, 0.1) is 10.6 Å². The molecule has 202 valence electrons. The van der Waals surface area contributed by atoms with Crippen molar-refractivity contribution in [3.05, 3.63) is 60.6 Å². The quantitative estimate of drug-likeness (QED) is 0.169. The van der Waals surface area contributed by atoms with Crippen LogP contribution in [0, 0.1) is 5.41 Å². The average molecular weight is 550 g/mol. The molecule has 2 aromatic rings. The molecule has 3 rings (SSSR count). The number of anilines is 2. The Morgan fingerprint density at radius 3 is 2.35 bits per heavy atom. The highest BCUT2D eigenvalue weighted by molar-refractivity contribution is 7.99. The SMILES string of the molecule is CCCCC1(CCCC)CN(c2ccccc2)c2cc(SCC)ccc2S(=O)(=O)C1O/C=C(\F)C(=O)O. The summed E-state index contributed by atoms with van der Waals surface area (Å²) >= 11 is 1.62. The van der Waals surface area contributed by atoms with Crippen molar-refractivity contribution in [2.24, 2.45) is 5.41 Å². The van der Waals surface area contributed by atoms with Crippen LogP contribution >= 0.6 is 11.8 Å². The third kappa shape index (κ3) is 6.49. The minimum absolute atomic E-state index is 0.0980. The molecule has 0 spiro atoms.